The first-order valence-corrected chi connectivity index (χ1v) is 13.2. The van der Waals surface area contributed by atoms with E-state index in [0.29, 0.717) is 25.7 Å². The highest BCUT2D eigenvalue weighted by Gasteiger charge is 2.15. The number of benzene rings is 2. The Morgan fingerprint density at radius 1 is 0.892 bits per heavy atom. The summed E-state index contributed by atoms with van der Waals surface area (Å²) in [5.74, 6) is 1.56. The van der Waals surface area contributed by atoms with Crippen LogP contribution in [0, 0.1) is 0 Å². The normalized spacial score (nSPS) is 13.8. The van der Waals surface area contributed by atoms with Crippen molar-refractivity contribution in [1.82, 2.24) is 24.6 Å². The van der Waals surface area contributed by atoms with Gasteiger partial charge < -0.3 is 14.8 Å². The number of hydrogen-bond donors (Lipinski definition) is 1. The molecule has 0 bridgehead atoms. The van der Waals surface area contributed by atoms with E-state index in [0.717, 1.165) is 47.6 Å². The number of hydrogen-bond acceptors (Lipinski definition) is 7. The van der Waals surface area contributed by atoms with Gasteiger partial charge in [-0.15, -0.1) is 0 Å². The van der Waals surface area contributed by atoms with E-state index in [1.807, 2.05) is 35.1 Å². The Hall–Kier alpha value is -3.65. The summed E-state index contributed by atoms with van der Waals surface area (Å²) < 4.78 is 13.1. The number of rotatable bonds is 12. The monoisotopic (exact) mass is 500 g/mol. The lowest BCUT2D eigenvalue weighted by Gasteiger charge is -2.14. The average Bonchev–Trinajstić information content (AvgIpc) is 3.59. The number of methoxy groups -OCH3 is 1. The second-order valence-corrected chi connectivity index (χ2v) is 9.60. The minimum Gasteiger partial charge on any atom is -0.497 e. The molecular formula is C29H36N6O2. The van der Waals surface area contributed by atoms with Crippen LogP contribution in [-0.2, 0) is 19.6 Å². The minimum absolute atomic E-state index is 0.376. The average molecular weight is 501 g/mol. The van der Waals surface area contributed by atoms with Crippen molar-refractivity contribution < 1.29 is 9.47 Å². The molecule has 2 aromatic carbocycles. The molecule has 1 aliphatic rings. The molecule has 8 nitrogen and oxygen atoms in total. The standard InChI is InChI=1S/C29H36N6O2/c1-3-4-17-37-29-32-27(30-18-22-11-13-25(36-2)14-12-22)26-19-31-35(28(26)33-29)21-24-9-7-23(8-10-24)20-34-15-5-6-16-34/h7-14,19H,3-6,15-18,20-21H2,1-2H3,(H,30,32,33). The second kappa shape index (κ2) is 12.1. The summed E-state index contributed by atoms with van der Waals surface area (Å²) in [7, 11) is 1.67. The van der Waals surface area contributed by atoms with Gasteiger partial charge in [0.2, 0.25) is 0 Å². The topological polar surface area (TPSA) is 77.3 Å². The Morgan fingerprint density at radius 2 is 1.59 bits per heavy atom. The van der Waals surface area contributed by atoms with Crippen molar-refractivity contribution in [3.05, 3.63) is 71.4 Å². The summed E-state index contributed by atoms with van der Waals surface area (Å²) in [4.78, 5) is 11.9. The predicted molar refractivity (Wildman–Crippen MR) is 146 cm³/mol. The van der Waals surface area contributed by atoms with Crippen LogP contribution in [0.15, 0.2) is 54.7 Å². The van der Waals surface area contributed by atoms with Crippen molar-refractivity contribution in [3.8, 4) is 11.8 Å². The Morgan fingerprint density at radius 3 is 2.30 bits per heavy atom. The molecule has 4 aromatic rings. The zero-order valence-corrected chi connectivity index (χ0v) is 21.8. The Labute approximate surface area is 218 Å². The molecule has 3 heterocycles. The number of anilines is 1. The molecule has 0 atom stereocenters. The van der Waals surface area contributed by atoms with E-state index in [1.165, 1.54) is 37.1 Å². The fourth-order valence-corrected chi connectivity index (χ4v) is 4.61. The first-order chi connectivity index (χ1) is 18.2. The maximum Gasteiger partial charge on any atom is 0.320 e. The molecular weight excluding hydrogens is 464 g/mol. The molecule has 8 heteroatoms. The van der Waals surface area contributed by atoms with Gasteiger partial charge in [-0.25, -0.2) is 4.68 Å². The van der Waals surface area contributed by atoms with E-state index in [4.69, 9.17) is 14.5 Å². The molecule has 0 amide bonds. The largest absolute Gasteiger partial charge is 0.497 e. The highest BCUT2D eigenvalue weighted by atomic mass is 16.5. The van der Waals surface area contributed by atoms with Crippen LogP contribution in [0.2, 0.25) is 0 Å². The van der Waals surface area contributed by atoms with Crippen LogP contribution in [0.3, 0.4) is 0 Å². The zero-order chi connectivity index (χ0) is 25.5. The number of nitrogens with zero attached hydrogens (tertiary/aromatic N) is 5. The van der Waals surface area contributed by atoms with Crippen LogP contribution in [0.25, 0.3) is 11.0 Å². The zero-order valence-electron chi connectivity index (χ0n) is 21.8. The molecule has 1 saturated heterocycles. The number of unbranched alkanes of at least 4 members (excludes halogenated alkanes) is 1. The van der Waals surface area contributed by atoms with Gasteiger partial charge in [-0.3, -0.25) is 4.90 Å². The van der Waals surface area contributed by atoms with E-state index >= 15 is 0 Å². The molecule has 37 heavy (non-hydrogen) atoms. The third-order valence-corrected chi connectivity index (χ3v) is 6.78. The van der Waals surface area contributed by atoms with Gasteiger partial charge in [0.15, 0.2) is 5.65 Å². The smallest absolute Gasteiger partial charge is 0.320 e. The van der Waals surface area contributed by atoms with Crippen LogP contribution in [-0.4, -0.2) is 51.5 Å². The van der Waals surface area contributed by atoms with Gasteiger partial charge in [0, 0.05) is 13.1 Å². The Balaban J connectivity index is 1.35. The second-order valence-electron chi connectivity index (χ2n) is 9.60. The van der Waals surface area contributed by atoms with Crippen molar-refractivity contribution in [2.24, 2.45) is 0 Å². The number of ether oxygens (including phenoxy) is 2. The highest BCUT2D eigenvalue weighted by molar-refractivity contribution is 5.86. The summed E-state index contributed by atoms with van der Waals surface area (Å²) in [6, 6.07) is 17.2. The summed E-state index contributed by atoms with van der Waals surface area (Å²) in [5, 5.41) is 9.00. The van der Waals surface area contributed by atoms with Crippen LogP contribution in [0.1, 0.15) is 49.3 Å². The quantitative estimate of drug-likeness (QED) is 0.266. The summed E-state index contributed by atoms with van der Waals surface area (Å²) >= 11 is 0. The lowest BCUT2D eigenvalue weighted by molar-refractivity contribution is 0.286. The Kier molecular flexibility index (Phi) is 8.15. The van der Waals surface area contributed by atoms with E-state index in [1.54, 1.807) is 7.11 Å². The van der Waals surface area contributed by atoms with Gasteiger partial charge in [-0.05, 0) is 61.2 Å². The maximum absolute atomic E-state index is 5.91. The molecule has 0 spiro atoms. The van der Waals surface area contributed by atoms with Crippen LogP contribution in [0.4, 0.5) is 5.82 Å². The summed E-state index contributed by atoms with van der Waals surface area (Å²) in [6.07, 6.45) is 6.47. The van der Waals surface area contributed by atoms with Crippen molar-refractivity contribution in [1.29, 1.82) is 0 Å². The molecule has 1 N–H and O–H groups in total. The molecule has 0 unspecified atom stereocenters. The molecule has 5 rings (SSSR count). The van der Waals surface area contributed by atoms with Gasteiger partial charge >= 0.3 is 6.01 Å². The lowest BCUT2D eigenvalue weighted by atomic mass is 10.1. The number of likely N-dealkylation sites (tertiary alicyclic amines) is 1. The Bertz CT molecular complexity index is 1280. The number of fused-ring (bicyclic) bond motifs is 1. The minimum atomic E-state index is 0.376. The highest BCUT2D eigenvalue weighted by Crippen LogP contribution is 2.25. The third-order valence-electron chi connectivity index (χ3n) is 6.78. The van der Waals surface area contributed by atoms with Crippen LogP contribution in [0.5, 0.6) is 11.8 Å². The molecule has 1 aliphatic heterocycles. The van der Waals surface area contributed by atoms with Crippen LogP contribution >= 0.6 is 0 Å². The molecule has 194 valence electrons. The summed E-state index contributed by atoms with van der Waals surface area (Å²) in [5.41, 5.74) is 4.44. The number of nitrogens with one attached hydrogen (secondary N) is 1. The van der Waals surface area contributed by atoms with Gasteiger partial charge in [0.1, 0.15) is 11.6 Å². The molecule has 2 aromatic heterocycles. The SMILES string of the molecule is CCCCOc1nc(NCc2ccc(OC)cc2)c2cnn(Cc3ccc(CN4CCCC4)cc3)c2n1. The fourth-order valence-electron chi connectivity index (χ4n) is 4.61. The first kappa shape index (κ1) is 25.0. The van der Waals surface area contributed by atoms with Crippen molar-refractivity contribution in [2.45, 2.75) is 52.2 Å². The van der Waals surface area contributed by atoms with Crippen LogP contribution < -0.4 is 14.8 Å². The predicted octanol–water partition coefficient (Wildman–Crippen LogP) is 5.27. The van der Waals surface area contributed by atoms with E-state index < -0.39 is 0 Å². The molecule has 0 saturated carbocycles. The van der Waals surface area contributed by atoms with E-state index in [9.17, 15) is 0 Å². The third kappa shape index (κ3) is 6.38. The lowest BCUT2D eigenvalue weighted by Crippen LogP contribution is -2.18. The van der Waals surface area contributed by atoms with E-state index in [-0.39, 0.29) is 0 Å². The van der Waals surface area contributed by atoms with Crippen molar-refractivity contribution in [3.63, 3.8) is 0 Å². The number of aromatic nitrogens is 4. The molecule has 0 radical (unpaired) electrons. The summed E-state index contributed by atoms with van der Waals surface area (Å²) in [6.45, 7) is 7.43. The first-order valence-electron chi connectivity index (χ1n) is 13.2. The van der Waals surface area contributed by atoms with Gasteiger partial charge in [-0.2, -0.15) is 15.1 Å². The maximum atomic E-state index is 5.91. The van der Waals surface area contributed by atoms with Gasteiger partial charge in [0.25, 0.3) is 0 Å². The van der Waals surface area contributed by atoms with Crippen molar-refractivity contribution >= 4 is 16.9 Å². The molecule has 1 fully saturated rings. The van der Waals surface area contributed by atoms with Crippen molar-refractivity contribution in [2.75, 3.05) is 32.1 Å². The molecule has 0 aliphatic carbocycles. The van der Waals surface area contributed by atoms with E-state index in [2.05, 4.69) is 51.5 Å². The van der Waals surface area contributed by atoms with Gasteiger partial charge in [0.05, 0.1) is 31.8 Å². The fraction of sp³-hybridized carbons (Fsp3) is 0.414. The van der Waals surface area contributed by atoms with Gasteiger partial charge in [-0.1, -0.05) is 49.7 Å².